The molecule has 1 aliphatic heterocycles. The first-order valence-corrected chi connectivity index (χ1v) is 7.32. The smallest absolute Gasteiger partial charge is 0.259 e. The Morgan fingerprint density at radius 1 is 1.18 bits per heavy atom. The van der Waals surface area contributed by atoms with Gasteiger partial charge >= 0.3 is 0 Å². The molecule has 1 amide bonds. The summed E-state index contributed by atoms with van der Waals surface area (Å²) in [7, 11) is 0. The molecule has 5 nitrogen and oxygen atoms in total. The summed E-state index contributed by atoms with van der Waals surface area (Å²) < 4.78 is 0. The first kappa shape index (κ1) is 14.3. The molecule has 0 spiro atoms. The SMILES string of the molecule is CCCc1nc2c(cc1C(C)=O)C(=O)Nc1ccccc1N2. The van der Waals surface area contributed by atoms with Gasteiger partial charge in [-0.2, -0.15) is 0 Å². The van der Waals surface area contributed by atoms with E-state index in [4.69, 9.17) is 0 Å². The van der Waals surface area contributed by atoms with Crippen molar-refractivity contribution in [2.24, 2.45) is 0 Å². The van der Waals surface area contributed by atoms with Gasteiger partial charge in [-0.05, 0) is 31.5 Å². The lowest BCUT2D eigenvalue weighted by atomic mass is 10.0. The van der Waals surface area contributed by atoms with Gasteiger partial charge in [0.1, 0.15) is 5.82 Å². The number of pyridine rings is 1. The van der Waals surface area contributed by atoms with Crippen LogP contribution in [-0.4, -0.2) is 16.7 Å². The molecule has 2 heterocycles. The fourth-order valence-corrected chi connectivity index (χ4v) is 2.57. The number of amides is 1. The van der Waals surface area contributed by atoms with Crippen LogP contribution in [0.15, 0.2) is 30.3 Å². The maximum absolute atomic E-state index is 12.4. The lowest BCUT2D eigenvalue weighted by Gasteiger charge is -2.12. The van der Waals surface area contributed by atoms with Gasteiger partial charge in [0.15, 0.2) is 5.78 Å². The van der Waals surface area contributed by atoms with Crippen molar-refractivity contribution >= 4 is 28.9 Å². The van der Waals surface area contributed by atoms with Gasteiger partial charge in [0.05, 0.1) is 22.6 Å². The number of aromatic nitrogens is 1. The van der Waals surface area contributed by atoms with Crippen LogP contribution < -0.4 is 10.6 Å². The number of nitrogens with zero attached hydrogens (tertiary/aromatic N) is 1. The summed E-state index contributed by atoms with van der Waals surface area (Å²) in [4.78, 5) is 28.8. The molecule has 0 unspecified atom stereocenters. The summed E-state index contributed by atoms with van der Waals surface area (Å²) in [6.45, 7) is 3.53. The van der Waals surface area contributed by atoms with E-state index in [0.717, 1.165) is 17.8 Å². The van der Waals surface area contributed by atoms with Gasteiger partial charge < -0.3 is 10.6 Å². The molecule has 0 aliphatic carbocycles. The molecule has 0 atom stereocenters. The van der Waals surface area contributed by atoms with Gasteiger partial charge in [-0.3, -0.25) is 9.59 Å². The Bertz CT molecular complexity index is 768. The Hall–Kier alpha value is -2.69. The van der Waals surface area contributed by atoms with Crippen molar-refractivity contribution < 1.29 is 9.59 Å². The number of aryl methyl sites for hydroxylation is 1. The average molecular weight is 295 g/mol. The zero-order chi connectivity index (χ0) is 15.7. The second-order valence-corrected chi connectivity index (χ2v) is 5.31. The van der Waals surface area contributed by atoms with Crippen LogP contribution in [0.2, 0.25) is 0 Å². The average Bonchev–Trinajstić information content (AvgIpc) is 2.62. The molecule has 1 aromatic carbocycles. The van der Waals surface area contributed by atoms with E-state index in [1.54, 1.807) is 6.07 Å². The quantitative estimate of drug-likeness (QED) is 0.850. The van der Waals surface area contributed by atoms with E-state index in [-0.39, 0.29) is 11.7 Å². The van der Waals surface area contributed by atoms with E-state index in [9.17, 15) is 9.59 Å². The van der Waals surface area contributed by atoms with Crippen LogP contribution in [0.25, 0.3) is 0 Å². The van der Waals surface area contributed by atoms with Gasteiger partial charge in [-0.15, -0.1) is 0 Å². The van der Waals surface area contributed by atoms with E-state index >= 15 is 0 Å². The van der Waals surface area contributed by atoms with Gasteiger partial charge in [0, 0.05) is 5.56 Å². The van der Waals surface area contributed by atoms with Crippen molar-refractivity contribution in [3.05, 3.63) is 47.2 Å². The Labute approximate surface area is 128 Å². The third kappa shape index (κ3) is 2.45. The third-order valence-corrected chi connectivity index (χ3v) is 3.64. The van der Waals surface area contributed by atoms with Gasteiger partial charge in [0.2, 0.25) is 0 Å². The highest BCUT2D eigenvalue weighted by Crippen LogP contribution is 2.31. The minimum Gasteiger partial charge on any atom is -0.338 e. The third-order valence-electron chi connectivity index (χ3n) is 3.64. The molecule has 2 aromatic rings. The minimum absolute atomic E-state index is 0.0756. The van der Waals surface area contributed by atoms with E-state index < -0.39 is 0 Å². The van der Waals surface area contributed by atoms with Crippen LogP contribution in [0.1, 0.15) is 46.7 Å². The van der Waals surface area contributed by atoms with Crippen molar-refractivity contribution in [2.45, 2.75) is 26.7 Å². The summed E-state index contributed by atoms with van der Waals surface area (Å²) in [6.07, 6.45) is 1.59. The number of carbonyl (C=O) groups is 2. The molecule has 2 N–H and O–H groups in total. The molecule has 5 heteroatoms. The summed E-state index contributed by atoms with van der Waals surface area (Å²) in [5.74, 6) is 0.162. The van der Waals surface area contributed by atoms with Crippen molar-refractivity contribution in [3.8, 4) is 0 Å². The number of nitrogens with one attached hydrogen (secondary N) is 2. The zero-order valence-electron chi connectivity index (χ0n) is 12.6. The molecular formula is C17H17N3O2. The summed E-state index contributed by atoms with van der Waals surface area (Å²) >= 11 is 0. The molecule has 1 aromatic heterocycles. The van der Waals surface area contributed by atoms with E-state index in [1.165, 1.54) is 6.92 Å². The molecule has 0 saturated heterocycles. The molecule has 0 bridgehead atoms. The monoisotopic (exact) mass is 295 g/mol. The Kier molecular flexibility index (Phi) is 3.63. The lowest BCUT2D eigenvalue weighted by molar-refractivity contribution is 0.101. The van der Waals surface area contributed by atoms with E-state index in [0.29, 0.717) is 29.1 Å². The highest BCUT2D eigenvalue weighted by atomic mass is 16.1. The number of Topliss-reactive ketones (excluding diaryl/α,β-unsaturated/α-hetero) is 1. The van der Waals surface area contributed by atoms with Crippen LogP contribution in [-0.2, 0) is 6.42 Å². The molecule has 0 fully saturated rings. The van der Waals surface area contributed by atoms with Crippen molar-refractivity contribution in [1.29, 1.82) is 0 Å². The number of benzene rings is 1. The molecule has 0 saturated carbocycles. The molecule has 112 valence electrons. The van der Waals surface area contributed by atoms with Gasteiger partial charge in [0.25, 0.3) is 5.91 Å². The Balaban J connectivity index is 2.16. The number of carbonyl (C=O) groups excluding carboxylic acids is 2. The Morgan fingerprint density at radius 3 is 2.50 bits per heavy atom. The number of para-hydroxylation sites is 2. The van der Waals surface area contributed by atoms with Crippen molar-refractivity contribution in [2.75, 3.05) is 10.6 Å². The number of ketones is 1. The number of rotatable bonds is 3. The summed E-state index contributed by atoms with van der Waals surface area (Å²) in [5.41, 5.74) is 3.13. The van der Waals surface area contributed by atoms with E-state index in [2.05, 4.69) is 15.6 Å². The molecular weight excluding hydrogens is 278 g/mol. The second kappa shape index (κ2) is 5.60. The standard InChI is InChI=1S/C17H17N3O2/c1-3-6-13-11(10(2)21)9-12-16(18-13)19-14-7-4-5-8-15(14)20-17(12)22/h4-5,7-9H,3,6H2,1-2H3,(H,18,19)(H,20,22). The maximum Gasteiger partial charge on any atom is 0.259 e. The summed E-state index contributed by atoms with van der Waals surface area (Å²) in [5, 5.41) is 6.04. The molecule has 0 radical (unpaired) electrons. The predicted octanol–water partition coefficient (Wildman–Crippen LogP) is 3.55. The van der Waals surface area contributed by atoms with Crippen molar-refractivity contribution in [1.82, 2.24) is 4.98 Å². The zero-order valence-corrected chi connectivity index (χ0v) is 12.6. The van der Waals surface area contributed by atoms with Crippen LogP contribution in [0.4, 0.5) is 17.2 Å². The normalized spacial score (nSPS) is 12.5. The minimum atomic E-state index is -0.259. The molecule has 1 aliphatic rings. The lowest BCUT2D eigenvalue weighted by Crippen LogP contribution is -2.14. The highest BCUT2D eigenvalue weighted by Gasteiger charge is 2.23. The van der Waals surface area contributed by atoms with Crippen molar-refractivity contribution in [3.63, 3.8) is 0 Å². The maximum atomic E-state index is 12.4. The fraction of sp³-hybridized carbons (Fsp3) is 0.235. The largest absolute Gasteiger partial charge is 0.338 e. The topological polar surface area (TPSA) is 71.1 Å². The van der Waals surface area contributed by atoms with Gasteiger partial charge in [-0.1, -0.05) is 25.5 Å². The number of hydrogen-bond donors (Lipinski definition) is 2. The Morgan fingerprint density at radius 2 is 1.86 bits per heavy atom. The predicted molar refractivity (Wildman–Crippen MR) is 85.9 cm³/mol. The first-order chi connectivity index (χ1) is 10.6. The number of fused-ring (bicyclic) bond motifs is 2. The second-order valence-electron chi connectivity index (χ2n) is 5.31. The van der Waals surface area contributed by atoms with Gasteiger partial charge in [-0.25, -0.2) is 4.98 Å². The summed E-state index contributed by atoms with van der Waals surface area (Å²) in [6, 6.07) is 9.09. The highest BCUT2D eigenvalue weighted by molar-refractivity contribution is 6.12. The van der Waals surface area contributed by atoms with Crippen LogP contribution in [0.3, 0.4) is 0 Å². The molecule has 22 heavy (non-hydrogen) atoms. The number of hydrogen-bond acceptors (Lipinski definition) is 4. The van der Waals surface area contributed by atoms with Crippen LogP contribution in [0, 0.1) is 0 Å². The first-order valence-electron chi connectivity index (χ1n) is 7.32. The fourth-order valence-electron chi connectivity index (χ4n) is 2.57. The van der Waals surface area contributed by atoms with E-state index in [1.807, 2.05) is 31.2 Å². The van der Waals surface area contributed by atoms with Crippen LogP contribution >= 0.6 is 0 Å². The van der Waals surface area contributed by atoms with Crippen LogP contribution in [0.5, 0.6) is 0 Å². The number of anilines is 3. The molecule has 3 rings (SSSR count).